The normalized spacial score (nSPS) is 12.4. The van der Waals surface area contributed by atoms with Crippen molar-refractivity contribution < 1.29 is 0 Å². The van der Waals surface area contributed by atoms with Crippen LogP contribution in [0.3, 0.4) is 0 Å². The largest absolute Gasteiger partial charge is 0.313 e. The summed E-state index contributed by atoms with van der Waals surface area (Å²) in [5.41, 5.74) is 5.03. The maximum Gasteiger partial charge on any atom is 0.0441 e. The minimum atomic E-state index is 0.293. The molecule has 2 aromatic carbocycles. The molecule has 0 saturated heterocycles. The summed E-state index contributed by atoms with van der Waals surface area (Å²) in [7, 11) is 2.00. The van der Waals surface area contributed by atoms with E-state index in [2.05, 4.69) is 55.6 Å². The fourth-order valence-electron chi connectivity index (χ4n) is 2.38. The predicted octanol–water partition coefficient (Wildman–Crippen LogP) is 4.46. The number of likely N-dealkylation sites (N-methyl/N-ethyl adjacent to an activating group) is 1. The van der Waals surface area contributed by atoms with Crippen LogP contribution < -0.4 is 5.32 Å². The predicted molar refractivity (Wildman–Crippen MR) is 82.9 cm³/mol. The third-order valence-corrected chi connectivity index (χ3v) is 3.90. The minimum Gasteiger partial charge on any atom is -0.313 e. The molecule has 0 fully saturated rings. The zero-order valence-electron chi connectivity index (χ0n) is 11.7. The first kappa shape index (κ1) is 14.1. The van der Waals surface area contributed by atoms with Gasteiger partial charge >= 0.3 is 0 Å². The van der Waals surface area contributed by atoms with Crippen LogP contribution in [0.4, 0.5) is 0 Å². The molecular weight excluding hydrogens is 254 g/mol. The molecule has 0 bridgehead atoms. The van der Waals surface area contributed by atoms with E-state index in [1.165, 1.54) is 22.3 Å². The third kappa shape index (κ3) is 3.37. The van der Waals surface area contributed by atoms with Crippen LogP contribution in [-0.4, -0.2) is 7.05 Å². The molecule has 0 radical (unpaired) electrons. The van der Waals surface area contributed by atoms with Crippen molar-refractivity contribution in [1.82, 2.24) is 5.32 Å². The first-order valence-corrected chi connectivity index (χ1v) is 6.97. The highest BCUT2D eigenvalue weighted by Crippen LogP contribution is 2.25. The van der Waals surface area contributed by atoms with Gasteiger partial charge in [-0.05, 0) is 55.6 Å². The molecule has 0 aliphatic carbocycles. The summed E-state index contributed by atoms with van der Waals surface area (Å²) < 4.78 is 0. The standard InChI is InChI=1S/C17H20ClN/c1-12-8-9-14(16(18)10-12)11-17(19-3)15-7-5-4-6-13(15)2/h4-10,17,19H,11H2,1-3H3. The lowest BCUT2D eigenvalue weighted by Crippen LogP contribution is -2.20. The molecule has 0 aromatic heterocycles. The molecule has 2 rings (SSSR count). The van der Waals surface area contributed by atoms with Crippen molar-refractivity contribution in [3.63, 3.8) is 0 Å². The Labute approximate surface area is 120 Å². The van der Waals surface area contributed by atoms with Gasteiger partial charge in [0.05, 0.1) is 0 Å². The highest BCUT2D eigenvalue weighted by atomic mass is 35.5. The molecule has 0 aliphatic heterocycles. The first-order chi connectivity index (χ1) is 9.11. The quantitative estimate of drug-likeness (QED) is 0.867. The molecule has 2 heteroatoms. The summed E-state index contributed by atoms with van der Waals surface area (Å²) in [6.45, 7) is 4.21. The Morgan fingerprint density at radius 2 is 1.84 bits per heavy atom. The lowest BCUT2D eigenvalue weighted by molar-refractivity contribution is 0.589. The molecule has 100 valence electrons. The first-order valence-electron chi connectivity index (χ1n) is 6.59. The van der Waals surface area contributed by atoms with Crippen LogP contribution in [0.1, 0.15) is 28.3 Å². The van der Waals surface area contributed by atoms with E-state index >= 15 is 0 Å². The Morgan fingerprint density at radius 1 is 1.11 bits per heavy atom. The van der Waals surface area contributed by atoms with E-state index in [0.717, 1.165) is 11.4 Å². The Balaban J connectivity index is 2.27. The molecule has 1 N–H and O–H groups in total. The highest BCUT2D eigenvalue weighted by Gasteiger charge is 2.13. The van der Waals surface area contributed by atoms with Crippen LogP contribution in [-0.2, 0) is 6.42 Å². The third-order valence-electron chi connectivity index (χ3n) is 3.54. The fraction of sp³-hybridized carbons (Fsp3) is 0.294. The highest BCUT2D eigenvalue weighted by molar-refractivity contribution is 6.31. The van der Waals surface area contributed by atoms with Gasteiger partial charge in [0.1, 0.15) is 0 Å². The van der Waals surface area contributed by atoms with Gasteiger partial charge < -0.3 is 5.32 Å². The van der Waals surface area contributed by atoms with Gasteiger partial charge in [0, 0.05) is 11.1 Å². The molecule has 0 saturated carbocycles. The molecular formula is C17H20ClN. The van der Waals surface area contributed by atoms with Crippen LogP contribution in [0.15, 0.2) is 42.5 Å². The average molecular weight is 274 g/mol. The molecule has 0 aliphatic rings. The van der Waals surface area contributed by atoms with Crippen LogP contribution in [0, 0.1) is 13.8 Å². The number of halogens is 1. The Hall–Kier alpha value is -1.31. The molecule has 2 aromatic rings. The van der Waals surface area contributed by atoms with Crippen molar-refractivity contribution in [2.75, 3.05) is 7.05 Å². The van der Waals surface area contributed by atoms with E-state index in [-0.39, 0.29) is 0 Å². The van der Waals surface area contributed by atoms with E-state index in [1.807, 2.05) is 13.1 Å². The van der Waals surface area contributed by atoms with Gasteiger partial charge in [-0.25, -0.2) is 0 Å². The van der Waals surface area contributed by atoms with Crippen molar-refractivity contribution in [3.05, 3.63) is 69.7 Å². The van der Waals surface area contributed by atoms with E-state index in [4.69, 9.17) is 11.6 Å². The van der Waals surface area contributed by atoms with Gasteiger partial charge in [0.2, 0.25) is 0 Å². The van der Waals surface area contributed by atoms with Gasteiger partial charge in [-0.2, -0.15) is 0 Å². The van der Waals surface area contributed by atoms with E-state index in [1.54, 1.807) is 0 Å². The molecule has 0 amide bonds. The summed E-state index contributed by atoms with van der Waals surface area (Å²) in [6, 6.07) is 15.1. The van der Waals surface area contributed by atoms with Crippen molar-refractivity contribution in [1.29, 1.82) is 0 Å². The van der Waals surface area contributed by atoms with E-state index < -0.39 is 0 Å². The average Bonchev–Trinajstić information content (AvgIpc) is 2.39. The number of benzene rings is 2. The minimum absolute atomic E-state index is 0.293. The maximum absolute atomic E-state index is 6.33. The number of hydrogen-bond acceptors (Lipinski definition) is 1. The molecule has 0 spiro atoms. The number of rotatable bonds is 4. The molecule has 0 heterocycles. The summed E-state index contributed by atoms with van der Waals surface area (Å²) in [5, 5.41) is 4.25. The SMILES string of the molecule is CNC(Cc1ccc(C)cc1Cl)c1ccccc1C. The zero-order valence-corrected chi connectivity index (χ0v) is 12.5. The maximum atomic E-state index is 6.33. The Bertz CT molecular complexity index is 563. The van der Waals surface area contributed by atoms with Gasteiger partial charge in [-0.3, -0.25) is 0 Å². The number of aryl methyl sites for hydroxylation is 2. The molecule has 19 heavy (non-hydrogen) atoms. The summed E-state index contributed by atoms with van der Waals surface area (Å²) in [6.07, 6.45) is 0.903. The lowest BCUT2D eigenvalue weighted by atomic mass is 9.95. The zero-order chi connectivity index (χ0) is 13.8. The van der Waals surface area contributed by atoms with Gasteiger partial charge in [0.25, 0.3) is 0 Å². The number of hydrogen-bond donors (Lipinski definition) is 1. The second-order valence-electron chi connectivity index (χ2n) is 5.00. The molecule has 1 nitrogen and oxygen atoms in total. The van der Waals surface area contributed by atoms with Gasteiger partial charge in [-0.15, -0.1) is 0 Å². The summed E-state index contributed by atoms with van der Waals surface area (Å²) in [5.74, 6) is 0. The van der Waals surface area contributed by atoms with Crippen LogP contribution in [0.5, 0.6) is 0 Å². The number of nitrogens with one attached hydrogen (secondary N) is 1. The van der Waals surface area contributed by atoms with Crippen LogP contribution in [0.25, 0.3) is 0 Å². The van der Waals surface area contributed by atoms with Crippen molar-refractivity contribution >= 4 is 11.6 Å². The van der Waals surface area contributed by atoms with Crippen molar-refractivity contribution in [3.8, 4) is 0 Å². The molecule has 1 unspecified atom stereocenters. The van der Waals surface area contributed by atoms with Crippen molar-refractivity contribution in [2.24, 2.45) is 0 Å². The van der Waals surface area contributed by atoms with Gasteiger partial charge in [0.15, 0.2) is 0 Å². The second-order valence-corrected chi connectivity index (χ2v) is 5.40. The topological polar surface area (TPSA) is 12.0 Å². The Morgan fingerprint density at radius 3 is 2.47 bits per heavy atom. The summed E-state index contributed by atoms with van der Waals surface area (Å²) in [4.78, 5) is 0. The second kappa shape index (κ2) is 6.23. The lowest BCUT2D eigenvalue weighted by Gasteiger charge is -2.19. The van der Waals surface area contributed by atoms with Crippen molar-refractivity contribution in [2.45, 2.75) is 26.3 Å². The molecule has 1 atom stereocenters. The van der Waals surface area contributed by atoms with Crippen LogP contribution >= 0.6 is 11.6 Å². The monoisotopic (exact) mass is 273 g/mol. The van der Waals surface area contributed by atoms with E-state index in [9.17, 15) is 0 Å². The Kier molecular flexibility index (Phi) is 4.62. The van der Waals surface area contributed by atoms with E-state index in [0.29, 0.717) is 6.04 Å². The fourth-order valence-corrected chi connectivity index (χ4v) is 2.70. The van der Waals surface area contributed by atoms with Crippen LogP contribution in [0.2, 0.25) is 5.02 Å². The smallest absolute Gasteiger partial charge is 0.0441 e. The summed E-state index contributed by atoms with van der Waals surface area (Å²) >= 11 is 6.33. The van der Waals surface area contributed by atoms with Gasteiger partial charge in [-0.1, -0.05) is 48.0 Å².